The third-order valence-electron chi connectivity index (χ3n) is 15.8. The molecule has 0 spiro atoms. The molecule has 89 heavy (non-hydrogen) atoms. The molecule has 2 heterocycles. The zero-order valence-corrected chi connectivity index (χ0v) is 52.9. The first-order valence-electron chi connectivity index (χ1n) is 29.5. The van der Waals surface area contributed by atoms with E-state index in [1.165, 1.54) is 56.0 Å². The second-order valence-electron chi connectivity index (χ2n) is 22.2. The van der Waals surface area contributed by atoms with Gasteiger partial charge in [0, 0.05) is 93.6 Å². The van der Waals surface area contributed by atoms with E-state index in [-0.39, 0.29) is 58.3 Å². The molecular weight excluding hydrogens is 1200 g/mol. The van der Waals surface area contributed by atoms with Crippen LogP contribution in [0.1, 0.15) is 74.4 Å². The number of sulfonamides is 1. The van der Waals surface area contributed by atoms with Gasteiger partial charge in [-0.1, -0.05) is 90.3 Å². The first kappa shape index (κ1) is 68.7. The molecule has 5 atom stereocenters. The third kappa shape index (κ3) is 20.1. The number of likely N-dealkylation sites (N-methyl/N-ethyl adjacent to an activating group) is 2. The van der Waals surface area contributed by atoms with Gasteiger partial charge in [0.1, 0.15) is 23.4 Å². The molecule has 1 fully saturated rings. The fraction of sp³-hybridized carbons (Fsp3) is 0.406. The number of benzene rings is 5. The van der Waals surface area contributed by atoms with E-state index in [1.54, 1.807) is 79.7 Å². The average molecular weight is 1280 g/mol. The van der Waals surface area contributed by atoms with Crippen LogP contribution in [0.15, 0.2) is 132 Å². The van der Waals surface area contributed by atoms with Gasteiger partial charge in [-0.3, -0.25) is 39.0 Å². The molecular formula is C64H78Cl2N10O12S. The second-order valence-corrected chi connectivity index (χ2v) is 24.9. The Labute approximate surface area is 529 Å². The molecule has 0 bridgehead atoms. The van der Waals surface area contributed by atoms with E-state index < -0.39 is 91.6 Å². The number of rotatable bonds is 34. The molecule has 476 valence electrons. The molecule has 0 radical (unpaired) electrons. The Kier molecular flexibility index (Phi) is 25.6. The number of aromatic nitrogens is 2. The van der Waals surface area contributed by atoms with Crippen LogP contribution in [-0.2, 0) is 71.7 Å². The van der Waals surface area contributed by atoms with Crippen molar-refractivity contribution in [3.8, 4) is 22.8 Å². The lowest BCUT2D eigenvalue weighted by molar-refractivity contribution is -0.387. The number of nitrogens with zero attached hydrogens (tertiary/aromatic N) is 6. The van der Waals surface area contributed by atoms with Gasteiger partial charge in [0.15, 0.2) is 4.90 Å². The summed E-state index contributed by atoms with van der Waals surface area (Å²) in [6.45, 7) is 4.36. The molecule has 6 aromatic rings. The van der Waals surface area contributed by atoms with E-state index in [9.17, 15) is 47.6 Å². The van der Waals surface area contributed by atoms with Crippen molar-refractivity contribution in [2.75, 3.05) is 54.0 Å². The number of aliphatic carboxylic acids is 1. The van der Waals surface area contributed by atoms with Crippen LogP contribution in [0.4, 0.5) is 5.69 Å². The van der Waals surface area contributed by atoms with Gasteiger partial charge in [0.05, 0.1) is 48.3 Å². The van der Waals surface area contributed by atoms with Gasteiger partial charge >= 0.3 is 5.97 Å². The average Bonchev–Trinajstić information content (AvgIpc) is 2.69. The monoisotopic (exact) mass is 1280 g/mol. The highest BCUT2D eigenvalue weighted by molar-refractivity contribution is 7.89. The number of carbonyl (C=O) groups excluding carboxylic acids is 4. The van der Waals surface area contributed by atoms with Crippen LogP contribution in [0, 0.1) is 16.0 Å². The largest absolute Gasteiger partial charge is 0.481 e. The normalized spacial score (nSPS) is 14.2. The number of amides is 4. The number of halogens is 2. The number of para-hydroxylation sites is 1. The first-order valence-corrected chi connectivity index (χ1v) is 31.7. The Morgan fingerprint density at radius 2 is 1.48 bits per heavy atom. The fourth-order valence-corrected chi connectivity index (χ4v) is 12.2. The lowest BCUT2D eigenvalue weighted by Gasteiger charge is -2.33. The fourth-order valence-electron chi connectivity index (χ4n) is 10.7. The number of carbonyl (C=O) groups is 5. The van der Waals surface area contributed by atoms with Crippen LogP contribution in [0.25, 0.3) is 11.3 Å². The predicted molar refractivity (Wildman–Crippen MR) is 339 cm³/mol. The SMILES string of the molecule is COC[C@H](NC(=O)[C@H](C)NCc1ccc(Cl)cc1Oc1ccc(-c2cnc(CN3CCCC3)n2C)cc1)C(=O)N(C)[C@H](CC(=O)NC[C@H](CCCCNS(=O)(=O)c1ccccc1[N+](=O)[O-])N(C)C(=O)[C@@H](CC(=O)O)Cc1ccccc1)Cc1ccc(Cl)cc1. The number of imidazole rings is 1. The van der Waals surface area contributed by atoms with Crippen molar-refractivity contribution in [2.24, 2.45) is 13.0 Å². The number of methoxy groups -OCH3 is 1. The maximum atomic E-state index is 14.6. The molecule has 1 aliphatic rings. The number of ether oxygens (including phenoxy) is 2. The van der Waals surface area contributed by atoms with Crippen LogP contribution in [0.3, 0.4) is 0 Å². The smallest absolute Gasteiger partial charge is 0.304 e. The highest BCUT2D eigenvalue weighted by atomic mass is 35.5. The van der Waals surface area contributed by atoms with Crippen LogP contribution < -0.4 is 25.4 Å². The summed E-state index contributed by atoms with van der Waals surface area (Å²) < 4.78 is 42.7. The number of nitro benzene ring substituents is 1. The zero-order valence-electron chi connectivity index (χ0n) is 50.6. The van der Waals surface area contributed by atoms with Gasteiger partial charge in [-0.2, -0.15) is 0 Å². The molecule has 1 aliphatic heterocycles. The molecule has 0 saturated carbocycles. The van der Waals surface area contributed by atoms with Gasteiger partial charge in [0.25, 0.3) is 5.69 Å². The number of hydrogen-bond donors (Lipinski definition) is 5. The number of carboxylic acid groups (broad SMARTS) is 1. The zero-order chi connectivity index (χ0) is 64.2. The molecule has 0 aliphatic carbocycles. The number of carboxylic acids is 1. The summed E-state index contributed by atoms with van der Waals surface area (Å²) in [4.78, 5) is 89.5. The summed E-state index contributed by atoms with van der Waals surface area (Å²) in [7, 11) is 2.19. The number of nitro groups is 1. The number of unbranched alkanes of at least 4 members (excludes halogenated alkanes) is 1. The van der Waals surface area contributed by atoms with E-state index in [0.717, 1.165) is 60.0 Å². The number of hydrogen-bond acceptors (Lipinski definition) is 14. The van der Waals surface area contributed by atoms with Crippen molar-refractivity contribution in [3.05, 3.63) is 170 Å². The highest BCUT2D eigenvalue weighted by Gasteiger charge is 2.33. The molecule has 7 rings (SSSR count). The Balaban J connectivity index is 1.00. The predicted octanol–water partition coefficient (Wildman–Crippen LogP) is 8.18. The summed E-state index contributed by atoms with van der Waals surface area (Å²) in [6.07, 6.45) is 4.63. The summed E-state index contributed by atoms with van der Waals surface area (Å²) in [5.74, 6) is -2.15. The second kappa shape index (κ2) is 33.2. The Morgan fingerprint density at radius 3 is 2.17 bits per heavy atom. The maximum absolute atomic E-state index is 14.6. The van der Waals surface area contributed by atoms with Crippen LogP contribution in [0.2, 0.25) is 10.0 Å². The lowest BCUT2D eigenvalue weighted by atomic mass is 9.94. The Bertz CT molecular complexity index is 3480. The molecule has 0 unspecified atom stereocenters. The molecule has 5 aromatic carbocycles. The summed E-state index contributed by atoms with van der Waals surface area (Å²) >= 11 is 12.7. The Hall–Kier alpha value is -7.77. The van der Waals surface area contributed by atoms with Gasteiger partial charge in [-0.25, -0.2) is 18.1 Å². The quantitative estimate of drug-likeness (QED) is 0.0145. The van der Waals surface area contributed by atoms with Crippen molar-refractivity contribution in [2.45, 2.75) is 107 Å². The minimum Gasteiger partial charge on any atom is -0.481 e. The molecule has 22 nitrogen and oxygen atoms in total. The standard InChI is InChI=1S/C64H78Cl2N10O12S/c1-43(67-38-47-22-27-50(66)36-57(47)88-53-28-23-46(24-29-53)56-40-68-59(74(56)4)41-75-31-13-14-32-75)62(80)71-54(42-87-5)64(82)73(3)52(34-45-20-25-49(65)26-21-45)37-60(77)69-39-51(72(2)63(81)48(35-61(78)79)33-44-15-7-6-8-16-44)17-11-12-30-70-89(85,86)58-19-10-9-18-55(58)76(83)84/h6-10,15-16,18-29,36,40,43,48,51-52,54,67,70H,11-14,17,30-35,37-39,41-42H2,1-5H3,(H,69,77)(H,71,80)(H,78,79)/t43-,48+,51-,52-,54-/m0/s1. The molecule has 1 saturated heterocycles. The van der Waals surface area contributed by atoms with Crippen LogP contribution >= 0.6 is 23.2 Å². The third-order valence-corrected chi connectivity index (χ3v) is 17.8. The maximum Gasteiger partial charge on any atom is 0.304 e. The van der Waals surface area contributed by atoms with E-state index in [2.05, 4.69) is 30.1 Å². The Morgan fingerprint density at radius 1 is 0.820 bits per heavy atom. The van der Waals surface area contributed by atoms with Crippen LogP contribution in [-0.4, -0.2) is 150 Å². The van der Waals surface area contributed by atoms with Gasteiger partial charge in [0.2, 0.25) is 33.7 Å². The van der Waals surface area contributed by atoms with Crippen molar-refractivity contribution in [3.63, 3.8) is 0 Å². The number of nitrogens with one attached hydrogen (secondary N) is 4. The molecule has 4 amide bonds. The first-order chi connectivity index (χ1) is 42.6. The van der Waals surface area contributed by atoms with Crippen molar-refractivity contribution < 1.29 is 51.9 Å². The molecule has 5 N–H and O–H groups in total. The summed E-state index contributed by atoms with van der Waals surface area (Å²) in [6, 6.07) is 30.2. The van der Waals surface area contributed by atoms with Crippen molar-refractivity contribution in [1.82, 2.24) is 44.9 Å². The minimum absolute atomic E-state index is 0.113. The van der Waals surface area contributed by atoms with Gasteiger partial charge in [-0.05, 0) is 124 Å². The summed E-state index contributed by atoms with van der Waals surface area (Å²) in [5, 5.41) is 31.4. The highest BCUT2D eigenvalue weighted by Crippen LogP contribution is 2.32. The minimum atomic E-state index is -4.28. The molecule has 1 aromatic heterocycles. The molecule has 25 heteroatoms. The van der Waals surface area contributed by atoms with Crippen molar-refractivity contribution in [1.29, 1.82) is 0 Å². The lowest BCUT2D eigenvalue weighted by Crippen LogP contribution is -2.56. The van der Waals surface area contributed by atoms with E-state index >= 15 is 0 Å². The van der Waals surface area contributed by atoms with Gasteiger partial charge < -0.3 is 44.9 Å². The van der Waals surface area contributed by atoms with Gasteiger partial charge in [-0.15, -0.1) is 0 Å². The van der Waals surface area contributed by atoms with Crippen LogP contribution in [0.5, 0.6) is 11.5 Å². The van der Waals surface area contributed by atoms with Crippen molar-refractivity contribution >= 4 is 68.5 Å². The summed E-state index contributed by atoms with van der Waals surface area (Å²) in [5.41, 5.74) is 3.59. The topological polar surface area (TPSA) is 277 Å². The van der Waals surface area contributed by atoms with E-state index in [1.807, 2.05) is 37.5 Å². The number of likely N-dealkylation sites (tertiary alicyclic amines) is 1. The van der Waals surface area contributed by atoms with E-state index in [0.29, 0.717) is 33.5 Å². The van der Waals surface area contributed by atoms with E-state index in [4.69, 9.17) is 37.7 Å².